The van der Waals surface area contributed by atoms with Crippen LogP contribution in [0.1, 0.15) is 10.5 Å². The van der Waals surface area contributed by atoms with Crippen LogP contribution in [0.4, 0.5) is 5.69 Å². The first kappa shape index (κ1) is 16.1. The number of aromatic nitrogens is 3. The molecule has 0 aliphatic rings. The molecule has 0 bridgehead atoms. The normalized spacial score (nSPS) is 10.8. The van der Waals surface area contributed by atoms with Gasteiger partial charge in [-0.15, -0.1) is 0 Å². The maximum Gasteiger partial charge on any atom is 0.288 e. The van der Waals surface area contributed by atoms with Gasteiger partial charge < -0.3 is 5.32 Å². The van der Waals surface area contributed by atoms with E-state index < -0.39 is 11.5 Å². The standard InChI is InChI=1S/C19H13ClN4O2/c20-13-8-6-11-7-9-14(21-15(11)10-13)18(25)22-17-16(23-24-19(17)26)12-4-2-1-3-5-12/h1-10H,(H,22,25)(H2,23,24,26). The Morgan fingerprint density at radius 1 is 1.00 bits per heavy atom. The zero-order chi connectivity index (χ0) is 18.1. The molecule has 0 saturated carbocycles. The van der Waals surface area contributed by atoms with E-state index in [0.717, 1.165) is 10.9 Å². The molecule has 2 aromatic carbocycles. The highest BCUT2D eigenvalue weighted by Crippen LogP contribution is 2.23. The Labute approximate surface area is 152 Å². The second kappa shape index (κ2) is 6.50. The van der Waals surface area contributed by atoms with E-state index in [1.165, 1.54) is 0 Å². The van der Waals surface area contributed by atoms with E-state index in [-0.39, 0.29) is 11.4 Å². The number of benzene rings is 2. The molecule has 4 rings (SSSR count). The second-order valence-electron chi connectivity index (χ2n) is 5.68. The summed E-state index contributed by atoms with van der Waals surface area (Å²) in [5.74, 6) is -0.478. The first-order valence-corrected chi connectivity index (χ1v) is 8.23. The molecule has 6 nitrogen and oxygen atoms in total. The van der Waals surface area contributed by atoms with E-state index in [2.05, 4.69) is 20.5 Å². The van der Waals surface area contributed by atoms with Gasteiger partial charge in [0.05, 0.1) is 11.2 Å². The van der Waals surface area contributed by atoms with Crippen LogP contribution in [0.3, 0.4) is 0 Å². The van der Waals surface area contributed by atoms with E-state index in [9.17, 15) is 9.59 Å². The van der Waals surface area contributed by atoms with Crippen molar-refractivity contribution in [2.45, 2.75) is 0 Å². The molecule has 0 radical (unpaired) electrons. The Kier molecular flexibility index (Phi) is 4.02. The number of hydrogen-bond donors (Lipinski definition) is 3. The molecule has 1 amide bonds. The topological polar surface area (TPSA) is 90.6 Å². The number of carbonyl (C=O) groups is 1. The molecule has 0 aliphatic carbocycles. The van der Waals surface area contributed by atoms with Crippen LogP contribution in [0.15, 0.2) is 65.5 Å². The minimum absolute atomic E-state index is 0.147. The lowest BCUT2D eigenvalue weighted by Crippen LogP contribution is -2.18. The molecular formula is C19H13ClN4O2. The summed E-state index contributed by atoms with van der Waals surface area (Å²) in [6.07, 6.45) is 0. The molecule has 128 valence electrons. The maximum absolute atomic E-state index is 12.6. The van der Waals surface area contributed by atoms with Crippen molar-refractivity contribution in [1.29, 1.82) is 0 Å². The van der Waals surface area contributed by atoms with Crippen LogP contribution in [-0.4, -0.2) is 21.1 Å². The highest BCUT2D eigenvalue weighted by molar-refractivity contribution is 6.31. The Morgan fingerprint density at radius 3 is 2.58 bits per heavy atom. The van der Waals surface area contributed by atoms with Crippen molar-refractivity contribution in [2.75, 3.05) is 5.32 Å². The summed E-state index contributed by atoms with van der Waals surface area (Å²) in [6.45, 7) is 0. The van der Waals surface area contributed by atoms with Crippen molar-refractivity contribution in [3.63, 3.8) is 0 Å². The van der Waals surface area contributed by atoms with E-state index in [1.54, 1.807) is 24.3 Å². The predicted molar refractivity (Wildman–Crippen MR) is 102 cm³/mol. The average Bonchev–Trinajstić information content (AvgIpc) is 3.02. The quantitative estimate of drug-likeness (QED) is 0.516. The van der Waals surface area contributed by atoms with Crippen LogP contribution >= 0.6 is 11.6 Å². The molecular weight excluding hydrogens is 352 g/mol. The minimum Gasteiger partial charge on any atom is -0.314 e. The van der Waals surface area contributed by atoms with E-state index in [4.69, 9.17) is 11.6 Å². The average molecular weight is 365 g/mol. The molecule has 0 saturated heterocycles. The molecule has 0 atom stereocenters. The summed E-state index contributed by atoms with van der Waals surface area (Å²) in [7, 11) is 0. The highest BCUT2D eigenvalue weighted by atomic mass is 35.5. The second-order valence-corrected chi connectivity index (χ2v) is 6.12. The smallest absolute Gasteiger partial charge is 0.288 e. The van der Waals surface area contributed by atoms with Crippen molar-refractivity contribution in [3.8, 4) is 11.3 Å². The van der Waals surface area contributed by atoms with Crippen LogP contribution in [0.2, 0.25) is 5.02 Å². The molecule has 26 heavy (non-hydrogen) atoms. The van der Waals surface area contributed by atoms with Gasteiger partial charge >= 0.3 is 0 Å². The Morgan fingerprint density at radius 2 is 1.77 bits per heavy atom. The first-order chi connectivity index (χ1) is 12.6. The largest absolute Gasteiger partial charge is 0.314 e. The fraction of sp³-hybridized carbons (Fsp3) is 0. The number of hydrogen-bond acceptors (Lipinski definition) is 3. The molecule has 0 unspecified atom stereocenters. The summed E-state index contributed by atoms with van der Waals surface area (Å²) < 4.78 is 0. The van der Waals surface area contributed by atoms with Crippen molar-refractivity contribution in [2.24, 2.45) is 0 Å². The molecule has 0 fully saturated rings. The van der Waals surface area contributed by atoms with Gasteiger partial charge in [0.15, 0.2) is 0 Å². The number of amides is 1. The number of nitrogens with zero attached hydrogens (tertiary/aromatic N) is 1. The summed E-state index contributed by atoms with van der Waals surface area (Å²) in [5.41, 5.74) is 1.82. The third-order valence-electron chi connectivity index (χ3n) is 3.97. The van der Waals surface area contributed by atoms with Gasteiger partial charge in [0.2, 0.25) is 0 Å². The zero-order valence-corrected chi connectivity index (χ0v) is 14.2. The number of fused-ring (bicyclic) bond motifs is 1. The van der Waals surface area contributed by atoms with Crippen LogP contribution < -0.4 is 10.9 Å². The number of H-pyrrole nitrogens is 2. The fourth-order valence-electron chi connectivity index (χ4n) is 2.69. The van der Waals surface area contributed by atoms with Gasteiger partial charge in [-0.05, 0) is 18.2 Å². The van der Waals surface area contributed by atoms with Gasteiger partial charge in [0, 0.05) is 16.0 Å². The van der Waals surface area contributed by atoms with Crippen molar-refractivity contribution in [3.05, 3.63) is 81.7 Å². The third kappa shape index (κ3) is 2.98. The fourth-order valence-corrected chi connectivity index (χ4v) is 2.86. The minimum atomic E-state index is -0.478. The van der Waals surface area contributed by atoms with E-state index in [1.807, 2.05) is 36.4 Å². The van der Waals surface area contributed by atoms with Crippen LogP contribution in [0, 0.1) is 0 Å². The first-order valence-electron chi connectivity index (χ1n) is 7.85. The zero-order valence-electron chi connectivity index (χ0n) is 13.4. The maximum atomic E-state index is 12.6. The van der Waals surface area contributed by atoms with Crippen LogP contribution in [0.25, 0.3) is 22.2 Å². The number of rotatable bonds is 3. The lowest BCUT2D eigenvalue weighted by molar-refractivity contribution is 0.102. The van der Waals surface area contributed by atoms with Gasteiger partial charge in [-0.1, -0.05) is 54.1 Å². The Bertz CT molecular complexity index is 1170. The highest BCUT2D eigenvalue weighted by Gasteiger charge is 2.16. The summed E-state index contributed by atoms with van der Waals surface area (Å²) in [5, 5.41) is 9.34. The van der Waals surface area contributed by atoms with Crippen LogP contribution in [0.5, 0.6) is 0 Å². The van der Waals surface area contributed by atoms with Crippen LogP contribution in [-0.2, 0) is 0 Å². The van der Waals surface area contributed by atoms with Crippen molar-refractivity contribution >= 4 is 34.1 Å². The van der Waals surface area contributed by atoms with Gasteiger partial charge in [-0.3, -0.25) is 19.8 Å². The summed E-state index contributed by atoms with van der Waals surface area (Å²) in [6, 6.07) is 17.9. The number of nitrogens with one attached hydrogen (secondary N) is 3. The van der Waals surface area contributed by atoms with Gasteiger partial charge in [-0.2, -0.15) is 0 Å². The Hall–Kier alpha value is -3.38. The van der Waals surface area contributed by atoms with Gasteiger partial charge in [0.1, 0.15) is 11.4 Å². The monoisotopic (exact) mass is 364 g/mol. The number of anilines is 1. The lowest BCUT2D eigenvalue weighted by atomic mass is 10.1. The van der Waals surface area contributed by atoms with Crippen molar-refractivity contribution in [1.82, 2.24) is 15.2 Å². The molecule has 2 heterocycles. The molecule has 4 aromatic rings. The summed E-state index contributed by atoms with van der Waals surface area (Å²) in [4.78, 5) is 29.0. The Balaban J connectivity index is 1.69. The predicted octanol–water partition coefficient (Wildman–Crippen LogP) is 3.82. The molecule has 2 aromatic heterocycles. The van der Waals surface area contributed by atoms with E-state index >= 15 is 0 Å². The van der Waals surface area contributed by atoms with Gasteiger partial charge in [-0.25, -0.2) is 4.98 Å². The number of carbonyl (C=O) groups excluding carboxylic acids is 1. The van der Waals surface area contributed by atoms with Gasteiger partial charge in [0.25, 0.3) is 11.5 Å². The summed E-state index contributed by atoms with van der Waals surface area (Å²) >= 11 is 5.98. The van der Waals surface area contributed by atoms with Crippen molar-refractivity contribution < 1.29 is 4.79 Å². The molecule has 0 aliphatic heterocycles. The van der Waals surface area contributed by atoms with E-state index in [0.29, 0.717) is 16.2 Å². The number of pyridine rings is 1. The molecule has 0 spiro atoms. The third-order valence-corrected chi connectivity index (χ3v) is 4.20. The number of aromatic amines is 2. The molecule has 7 heteroatoms. The molecule has 3 N–H and O–H groups in total. The number of halogens is 1. The SMILES string of the molecule is O=C(Nc1c(-c2ccccc2)[nH][nH]c1=O)c1ccc2ccc(Cl)cc2n1. The lowest BCUT2D eigenvalue weighted by Gasteiger charge is -2.06.